The van der Waals surface area contributed by atoms with E-state index >= 15 is 0 Å². The second-order valence-electron chi connectivity index (χ2n) is 9.09. The molecule has 5 heteroatoms. The minimum Gasteiger partial charge on any atom is -0.482 e. The summed E-state index contributed by atoms with van der Waals surface area (Å²) in [5.74, 6) is 0.789. The Kier molecular flexibility index (Phi) is 5.41. The number of aliphatic carboxylic acids is 1. The third kappa shape index (κ3) is 3.33. The maximum atomic E-state index is 10.9. The summed E-state index contributed by atoms with van der Waals surface area (Å²) in [6, 6.07) is 5.90. The average Bonchev–Trinajstić information content (AvgIpc) is 3.15. The van der Waals surface area contributed by atoms with E-state index in [1.165, 1.54) is 5.56 Å². The molecule has 3 aliphatic rings. The first-order valence-electron chi connectivity index (χ1n) is 10.8. The highest BCUT2D eigenvalue weighted by Gasteiger charge is 2.74. The highest BCUT2D eigenvalue weighted by atomic mass is 16.5. The zero-order chi connectivity index (χ0) is 19.9. The van der Waals surface area contributed by atoms with Gasteiger partial charge < -0.3 is 20.1 Å². The fourth-order valence-corrected chi connectivity index (χ4v) is 6.37. The molecule has 28 heavy (non-hydrogen) atoms. The number of fused-ring (bicyclic) bond motifs is 1. The molecule has 2 unspecified atom stereocenters. The Labute approximate surface area is 166 Å². The van der Waals surface area contributed by atoms with Crippen molar-refractivity contribution in [2.45, 2.75) is 70.5 Å². The molecule has 1 aromatic rings. The summed E-state index contributed by atoms with van der Waals surface area (Å²) in [5, 5.41) is 30.1. The van der Waals surface area contributed by atoms with Gasteiger partial charge in [0.25, 0.3) is 0 Å². The lowest BCUT2D eigenvalue weighted by Crippen LogP contribution is -2.29. The largest absolute Gasteiger partial charge is 0.482 e. The molecule has 0 radical (unpaired) electrons. The molecule has 0 heterocycles. The fraction of sp³-hybridized carbons (Fsp3) is 0.696. The second kappa shape index (κ2) is 7.68. The van der Waals surface area contributed by atoms with Crippen LogP contribution in [0.25, 0.3) is 0 Å². The number of hydrogen-bond donors (Lipinski definition) is 3. The van der Waals surface area contributed by atoms with E-state index < -0.39 is 5.97 Å². The summed E-state index contributed by atoms with van der Waals surface area (Å²) < 4.78 is 5.53. The zero-order valence-electron chi connectivity index (χ0n) is 16.6. The van der Waals surface area contributed by atoms with Crippen LogP contribution in [0.2, 0.25) is 0 Å². The Balaban J connectivity index is 1.50. The van der Waals surface area contributed by atoms with Crippen LogP contribution in [-0.2, 0) is 17.6 Å². The van der Waals surface area contributed by atoms with Gasteiger partial charge in [-0.05, 0) is 72.5 Å². The van der Waals surface area contributed by atoms with Crippen molar-refractivity contribution < 1.29 is 24.9 Å². The molecule has 6 atom stereocenters. The summed E-state index contributed by atoms with van der Waals surface area (Å²) in [6.07, 6.45) is 7.05. The number of hydrogen-bond acceptors (Lipinski definition) is 4. The number of aliphatic hydroxyl groups is 2. The Morgan fingerprint density at radius 3 is 2.93 bits per heavy atom. The Morgan fingerprint density at radius 2 is 2.18 bits per heavy atom. The van der Waals surface area contributed by atoms with E-state index in [1.807, 2.05) is 12.1 Å². The molecule has 3 N–H and O–H groups in total. The molecule has 4 rings (SSSR count). The molecule has 1 aromatic carbocycles. The van der Waals surface area contributed by atoms with Crippen molar-refractivity contribution in [3.05, 3.63) is 29.3 Å². The number of benzene rings is 1. The van der Waals surface area contributed by atoms with Gasteiger partial charge in [0.05, 0.1) is 12.2 Å². The number of unbranched alkanes of at least 4 members (excludes halogenated alkanes) is 2. The lowest BCUT2D eigenvalue weighted by molar-refractivity contribution is -0.139. The normalized spacial score (nSPS) is 33.5. The van der Waals surface area contributed by atoms with E-state index in [1.54, 1.807) is 0 Å². The summed E-state index contributed by atoms with van der Waals surface area (Å²) in [6.45, 7) is 1.84. The van der Waals surface area contributed by atoms with Crippen molar-refractivity contribution in [1.29, 1.82) is 0 Å². The first kappa shape index (κ1) is 19.7. The van der Waals surface area contributed by atoms with Crippen LogP contribution in [-0.4, -0.2) is 40.1 Å². The minimum atomic E-state index is -0.972. The van der Waals surface area contributed by atoms with Crippen molar-refractivity contribution in [1.82, 2.24) is 0 Å². The highest BCUT2D eigenvalue weighted by Crippen LogP contribution is 2.75. The Hall–Kier alpha value is -1.59. The highest BCUT2D eigenvalue weighted by molar-refractivity contribution is 5.68. The number of ether oxygens (including phenoxy) is 1. The van der Waals surface area contributed by atoms with Gasteiger partial charge in [0, 0.05) is 0 Å². The van der Waals surface area contributed by atoms with E-state index in [0.29, 0.717) is 23.5 Å². The summed E-state index contributed by atoms with van der Waals surface area (Å²) in [5.41, 5.74) is 2.45. The van der Waals surface area contributed by atoms with Gasteiger partial charge in [0.15, 0.2) is 6.61 Å². The monoisotopic (exact) mass is 388 g/mol. The number of carboxylic acid groups (broad SMARTS) is 1. The van der Waals surface area contributed by atoms with Crippen LogP contribution in [0.15, 0.2) is 18.2 Å². The van der Waals surface area contributed by atoms with E-state index in [4.69, 9.17) is 9.84 Å². The van der Waals surface area contributed by atoms with Crippen molar-refractivity contribution in [3.63, 3.8) is 0 Å². The number of aliphatic hydroxyl groups excluding tert-OH is 2. The van der Waals surface area contributed by atoms with Crippen molar-refractivity contribution in [2.24, 2.45) is 23.2 Å². The van der Waals surface area contributed by atoms with Gasteiger partial charge >= 0.3 is 5.97 Å². The Morgan fingerprint density at radius 1 is 1.36 bits per heavy atom. The third-order valence-corrected chi connectivity index (χ3v) is 7.53. The lowest BCUT2D eigenvalue weighted by Gasteiger charge is -2.34. The van der Waals surface area contributed by atoms with Crippen LogP contribution in [0.1, 0.15) is 56.6 Å². The van der Waals surface area contributed by atoms with Gasteiger partial charge in [-0.3, -0.25) is 0 Å². The lowest BCUT2D eigenvalue weighted by atomic mass is 9.71. The van der Waals surface area contributed by atoms with E-state index in [-0.39, 0.29) is 24.2 Å². The van der Waals surface area contributed by atoms with Gasteiger partial charge in [-0.2, -0.15) is 0 Å². The molecule has 5 nitrogen and oxygen atoms in total. The van der Waals surface area contributed by atoms with Crippen LogP contribution < -0.4 is 4.74 Å². The molecular weight excluding hydrogens is 356 g/mol. The standard InChI is InChI=1S/C23H32O5/c1-2-3-4-7-16(24)11-18-22-19(25)10-15-9-17-14(12-23(15,18)22)6-5-8-20(17)28-13-21(26)27/h5-6,8,15-16,18-19,22,24-25H,2-4,7,9-13H2,1H3,(H,26,27)/t15-,16-,18?,19+,22-,23?/m0/s1. The summed E-state index contributed by atoms with van der Waals surface area (Å²) >= 11 is 0. The molecule has 0 saturated heterocycles. The van der Waals surface area contributed by atoms with Crippen molar-refractivity contribution in [3.8, 4) is 5.75 Å². The van der Waals surface area contributed by atoms with Crippen LogP contribution in [0.4, 0.5) is 0 Å². The number of rotatable bonds is 9. The molecule has 0 aromatic heterocycles. The van der Waals surface area contributed by atoms with Crippen LogP contribution in [0.5, 0.6) is 5.75 Å². The molecule has 1 spiro atoms. The van der Waals surface area contributed by atoms with E-state index in [2.05, 4.69) is 13.0 Å². The average molecular weight is 389 g/mol. The van der Waals surface area contributed by atoms with Crippen molar-refractivity contribution >= 4 is 5.97 Å². The van der Waals surface area contributed by atoms with Gasteiger partial charge in [-0.15, -0.1) is 0 Å². The smallest absolute Gasteiger partial charge is 0.341 e. The van der Waals surface area contributed by atoms with Gasteiger partial charge in [0.2, 0.25) is 0 Å². The first-order chi connectivity index (χ1) is 13.5. The zero-order valence-corrected chi connectivity index (χ0v) is 16.6. The predicted octanol–water partition coefficient (Wildman–Crippen LogP) is 3.19. The van der Waals surface area contributed by atoms with E-state index in [9.17, 15) is 15.0 Å². The number of carbonyl (C=O) groups is 1. The Bertz CT molecular complexity index is 732. The van der Waals surface area contributed by atoms with Crippen LogP contribution in [0.3, 0.4) is 0 Å². The first-order valence-corrected chi connectivity index (χ1v) is 10.8. The number of carboxylic acids is 1. The van der Waals surface area contributed by atoms with E-state index in [0.717, 1.165) is 56.9 Å². The molecule has 0 aliphatic heterocycles. The SMILES string of the molecule is CCCCC[C@H](O)CC1[C@H]2[C@H](O)C[C@@H]3Cc4c(cccc4OCC(=O)O)CC132. The molecule has 0 bridgehead atoms. The molecule has 2 fully saturated rings. The quantitative estimate of drug-likeness (QED) is 0.566. The van der Waals surface area contributed by atoms with Gasteiger partial charge in [-0.25, -0.2) is 4.79 Å². The van der Waals surface area contributed by atoms with Crippen molar-refractivity contribution in [2.75, 3.05) is 6.61 Å². The topological polar surface area (TPSA) is 87.0 Å². The minimum absolute atomic E-state index is 0.115. The van der Waals surface area contributed by atoms with Gasteiger partial charge in [0.1, 0.15) is 5.75 Å². The summed E-state index contributed by atoms with van der Waals surface area (Å²) in [7, 11) is 0. The van der Waals surface area contributed by atoms with Crippen LogP contribution in [0, 0.1) is 23.2 Å². The molecule has 154 valence electrons. The maximum Gasteiger partial charge on any atom is 0.341 e. The molecule has 2 saturated carbocycles. The van der Waals surface area contributed by atoms with Crippen LogP contribution >= 0.6 is 0 Å². The third-order valence-electron chi connectivity index (χ3n) is 7.53. The molecular formula is C23H32O5. The van der Waals surface area contributed by atoms with Gasteiger partial charge in [-0.1, -0.05) is 38.3 Å². The molecule has 3 aliphatic carbocycles. The fourth-order valence-electron chi connectivity index (χ4n) is 6.37. The second-order valence-corrected chi connectivity index (χ2v) is 9.09. The molecule has 0 amide bonds. The maximum absolute atomic E-state index is 10.9. The predicted molar refractivity (Wildman–Crippen MR) is 105 cm³/mol. The summed E-state index contributed by atoms with van der Waals surface area (Å²) in [4.78, 5) is 10.9.